The van der Waals surface area contributed by atoms with E-state index in [4.69, 9.17) is 5.73 Å². The Labute approximate surface area is 113 Å². The molecule has 3 N–H and O–H groups in total. The Morgan fingerprint density at radius 3 is 2.95 bits per heavy atom. The molecule has 2 heterocycles. The highest BCUT2D eigenvalue weighted by Gasteiger charge is 2.19. The average molecular weight is 280 g/mol. The number of nitrogens with two attached hydrogens (primary N) is 1. The summed E-state index contributed by atoms with van der Waals surface area (Å²) in [6, 6.07) is 1.07. The van der Waals surface area contributed by atoms with Gasteiger partial charge in [0.25, 0.3) is 5.91 Å². The highest BCUT2D eigenvalue weighted by Crippen LogP contribution is 2.20. The molecular weight excluding hydrogens is 267 g/mol. The van der Waals surface area contributed by atoms with Crippen LogP contribution in [-0.2, 0) is 0 Å². The molecule has 0 radical (unpaired) electrons. The Morgan fingerprint density at radius 2 is 2.32 bits per heavy atom. The Morgan fingerprint density at radius 1 is 1.53 bits per heavy atom. The van der Waals surface area contributed by atoms with E-state index < -0.39 is 11.7 Å². The van der Waals surface area contributed by atoms with Gasteiger partial charge in [-0.05, 0) is 12.5 Å². The molecule has 0 saturated heterocycles. The highest BCUT2D eigenvalue weighted by molar-refractivity contribution is 7.09. The summed E-state index contributed by atoms with van der Waals surface area (Å²) < 4.78 is 13.7. The van der Waals surface area contributed by atoms with Gasteiger partial charge in [-0.2, -0.15) is 0 Å². The van der Waals surface area contributed by atoms with Gasteiger partial charge in [0, 0.05) is 17.8 Å². The summed E-state index contributed by atoms with van der Waals surface area (Å²) in [5, 5.41) is 5.36. The predicted molar refractivity (Wildman–Crippen MR) is 71.2 cm³/mol. The average Bonchev–Trinajstić information content (AvgIpc) is 2.92. The minimum Gasteiger partial charge on any atom is -0.381 e. The molecule has 1 unspecified atom stereocenters. The van der Waals surface area contributed by atoms with Crippen LogP contribution in [0.5, 0.6) is 0 Å². The number of anilines is 1. The molecule has 0 spiro atoms. The number of carbonyl (C=O) groups is 1. The summed E-state index contributed by atoms with van der Waals surface area (Å²) in [5.41, 5.74) is 5.23. The number of rotatable bonds is 4. The first-order valence-electron chi connectivity index (χ1n) is 5.73. The van der Waals surface area contributed by atoms with E-state index in [9.17, 15) is 9.18 Å². The summed E-state index contributed by atoms with van der Waals surface area (Å²) in [7, 11) is 0. The van der Waals surface area contributed by atoms with Crippen LogP contribution in [0.4, 0.5) is 10.2 Å². The molecular formula is C12H13FN4OS. The van der Waals surface area contributed by atoms with Crippen molar-refractivity contribution in [2.45, 2.75) is 19.4 Å². The number of nitrogens with one attached hydrogen (secondary N) is 1. The predicted octanol–water partition coefficient (Wildman–Crippen LogP) is 2.14. The SMILES string of the molecule is CCC(NC(=O)c1ccnc(N)c1F)c1nccs1. The van der Waals surface area contributed by atoms with E-state index in [1.54, 1.807) is 6.20 Å². The van der Waals surface area contributed by atoms with Crippen LogP contribution in [0.1, 0.15) is 34.8 Å². The van der Waals surface area contributed by atoms with Crippen molar-refractivity contribution in [1.82, 2.24) is 15.3 Å². The van der Waals surface area contributed by atoms with Gasteiger partial charge in [-0.3, -0.25) is 4.79 Å². The van der Waals surface area contributed by atoms with Gasteiger partial charge < -0.3 is 11.1 Å². The number of pyridine rings is 1. The van der Waals surface area contributed by atoms with Gasteiger partial charge in [-0.25, -0.2) is 14.4 Å². The molecule has 5 nitrogen and oxygen atoms in total. The number of carbonyl (C=O) groups excluding carboxylic acids is 1. The lowest BCUT2D eigenvalue weighted by molar-refractivity contribution is 0.0931. The lowest BCUT2D eigenvalue weighted by Gasteiger charge is -2.14. The number of nitrogen functional groups attached to an aromatic ring is 1. The first-order valence-corrected chi connectivity index (χ1v) is 6.61. The first kappa shape index (κ1) is 13.4. The maximum absolute atomic E-state index is 13.7. The number of nitrogens with zero attached hydrogens (tertiary/aromatic N) is 2. The Hall–Kier alpha value is -2.02. The molecule has 1 amide bonds. The van der Waals surface area contributed by atoms with Gasteiger partial charge in [0.2, 0.25) is 0 Å². The fourth-order valence-electron chi connectivity index (χ4n) is 1.62. The van der Waals surface area contributed by atoms with E-state index in [-0.39, 0.29) is 17.4 Å². The number of halogens is 1. The van der Waals surface area contributed by atoms with Gasteiger partial charge in [0.15, 0.2) is 11.6 Å². The third kappa shape index (κ3) is 2.87. The second-order valence-corrected chi connectivity index (χ2v) is 4.79. The van der Waals surface area contributed by atoms with Crippen LogP contribution in [-0.4, -0.2) is 15.9 Å². The molecule has 0 fully saturated rings. The van der Waals surface area contributed by atoms with E-state index in [1.165, 1.54) is 23.6 Å². The van der Waals surface area contributed by atoms with Crippen molar-refractivity contribution < 1.29 is 9.18 Å². The zero-order chi connectivity index (χ0) is 13.8. The number of aromatic nitrogens is 2. The van der Waals surface area contributed by atoms with Crippen molar-refractivity contribution in [2.24, 2.45) is 0 Å². The molecule has 2 aromatic rings. The number of hydrogen-bond donors (Lipinski definition) is 2. The zero-order valence-corrected chi connectivity index (χ0v) is 11.1. The maximum atomic E-state index is 13.7. The smallest absolute Gasteiger partial charge is 0.255 e. The first-order chi connectivity index (χ1) is 9.13. The molecule has 0 aliphatic rings. The maximum Gasteiger partial charge on any atom is 0.255 e. The van der Waals surface area contributed by atoms with Crippen molar-refractivity contribution in [3.8, 4) is 0 Å². The minimum absolute atomic E-state index is 0.109. The van der Waals surface area contributed by atoms with Crippen molar-refractivity contribution in [2.75, 3.05) is 5.73 Å². The third-order valence-electron chi connectivity index (χ3n) is 2.62. The molecule has 0 aliphatic heterocycles. The topological polar surface area (TPSA) is 80.9 Å². The van der Waals surface area contributed by atoms with E-state index in [0.717, 1.165) is 5.01 Å². The lowest BCUT2D eigenvalue weighted by Crippen LogP contribution is -2.29. The molecule has 19 heavy (non-hydrogen) atoms. The minimum atomic E-state index is -0.797. The van der Waals surface area contributed by atoms with Crippen LogP contribution < -0.4 is 11.1 Å². The molecule has 0 aliphatic carbocycles. The van der Waals surface area contributed by atoms with Crippen LogP contribution in [0, 0.1) is 5.82 Å². The molecule has 1 atom stereocenters. The molecule has 100 valence electrons. The van der Waals surface area contributed by atoms with Crippen molar-refractivity contribution in [3.63, 3.8) is 0 Å². The molecule has 2 rings (SSSR count). The van der Waals surface area contributed by atoms with Gasteiger partial charge >= 0.3 is 0 Å². The number of thiazole rings is 1. The Bertz CT molecular complexity index is 573. The Kier molecular flexibility index (Phi) is 4.06. The van der Waals surface area contributed by atoms with E-state index in [1.807, 2.05) is 12.3 Å². The second-order valence-electron chi connectivity index (χ2n) is 3.86. The molecule has 0 saturated carbocycles. The summed E-state index contributed by atoms with van der Waals surface area (Å²) in [6.45, 7) is 1.92. The standard InChI is InChI=1S/C12H13FN4OS/c1-2-8(12-16-5-6-19-12)17-11(18)7-3-4-15-10(14)9(7)13/h3-6,8H,2H2,1H3,(H2,14,15)(H,17,18). The summed E-state index contributed by atoms with van der Waals surface area (Å²) in [4.78, 5) is 19.8. The van der Waals surface area contributed by atoms with Crippen LogP contribution in [0.2, 0.25) is 0 Å². The normalized spacial score (nSPS) is 12.1. The van der Waals surface area contributed by atoms with Crippen LogP contribution >= 0.6 is 11.3 Å². The molecule has 0 bridgehead atoms. The largest absolute Gasteiger partial charge is 0.381 e. The van der Waals surface area contributed by atoms with E-state index in [2.05, 4.69) is 15.3 Å². The third-order valence-corrected chi connectivity index (χ3v) is 3.51. The van der Waals surface area contributed by atoms with Crippen molar-refractivity contribution >= 4 is 23.1 Å². The van der Waals surface area contributed by atoms with Crippen molar-refractivity contribution in [3.05, 3.63) is 40.2 Å². The van der Waals surface area contributed by atoms with Crippen LogP contribution in [0.15, 0.2) is 23.8 Å². The Balaban J connectivity index is 2.18. The molecule has 7 heteroatoms. The zero-order valence-electron chi connectivity index (χ0n) is 10.3. The van der Waals surface area contributed by atoms with Gasteiger partial charge in [0.1, 0.15) is 5.01 Å². The lowest BCUT2D eigenvalue weighted by atomic mass is 10.2. The quantitative estimate of drug-likeness (QED) is 0.899. The number of hydrogen-bond acceptors (Lipinski definition) is 5. The molecule has 2 aromatic heterocycles. The fraction of sp³-hybridized carbons (Fsp3) is 0.250. The summed E-state index contributed by atoms with van der Waals surface area (Å²) in [5.74, 6) is -1.60. The van der Waals surface area contributed by atoms with Gasteiger partial charge in [0.05, 0.1) is 11.6 Å². The summed E-state index contributed by atoms with van der Waals surface area (Å²) >= 11 is 1.44. The second kappa shape index (κ2) is 5.75. The highest BCUT2D eigenvalue weighted by atomic mass is 32.1. The van der Waals surface area contributed by atoms with Crippen LogP contribution in [0.25, 0.3) is 0 Å². The fourth-order valence-corrected chi connectivity index (χ4v) is 2.39. The monoisotopic (exact) mass is 280 g/mol. The van der Waals surface area contributed by atoms with E-state index >= 15 is 0 Å². The van der Waals surface area contributed by atoms with Crippen LogP contribution in [0.3, 0.4) is 0 Å². The summed E-state index contributed by atoms with van der Waals surface area (Å²) in [6.07, 6.45) is 3.64. The van der Waals surface area contributed by atoms with Crippen molar-refractivity contribution in [1.29, 1.82) is 0 Å². The van der Waals surface area contributed by atoms with E-state index in [0.29, 0.717) is 6.42 Å². The van der Waals surface area contributed by atoms with Gasteiger partial charge in [-0.15, -0.1) is 11.3 Å². The number of amides is 1. The molecule has 0 aromatic carbocycles. The van der Waals surface area contributed by atoms with Gasteiger partial charge in [-0.1, -0.05) is 6.92 Å².